The fraction of sp³-hybridized carbons (Fsp3) is 0.600. The van der Waals surface area contributed by atoms with Crippen molar-refractivity contribution in [2.45, 2.75) is 19.8 Å². The fourth-order valence-electron chi connectivity index (χ4n) is 1.71. The molecule has 0 saturated heterocycles. The second-order valence-electron chi connectivity index (χ2n) is 3.96. The summed E-state index contributed by atoms with van der Waals surface area (Å²) in [5.74, 6) is 0.949. The van der Waals surface area contributed by atoms with Crippen LogP contribution < -0.4 is 0 Å². The summed E-state index contributed by atoms with van der Waals surface area (Å²) in [7, 11) is 1.80. The monoisotopic (exact) mass is 256 g/mol. The lowest BCUT2D eigenvalue weighted by molar-refractivity contribution is 0.0905. The number of halogens is 1. The van der Waals surface area contributed by atoms with Gasteiger partial charge in [0, 0.05) is 13.0 Å². The Morgan fingerprint density at radius 1 is 1.71 bits per heavy atom. The maximum Gasteiger partial charge on any atom is 0.185 e. The van der Waals surface area contributed by atoms with Gasteiger partial charge < -0.3 is 0 Å². The topological polar surface area (TPSA) is 34.9 Å². The zero-order chi connectivity index (χ0) is 10.3. The number of rotatable bonds is 3. The van der Waals surface area contributed by atoms with Crippen LogP contribution in [0.2, 0.25) is 0 Å². The van der Waals surface area contributed by atoms with Crippen LogP contribution in [0.4, 0.5) is 0 Å². The first kappa shape index (κ1) is 9.90. The Bertz CT molecular complexity index is 349. The van der Waals surface area contributed by atoms with Crippen LogP contribution in [0.15, 0.2) is 10.7 Å². The SMILES string of the molecule is CC(C(=O)c1c(Br)cnn1C)C1CC1. The number of hydrogen-bond donors (Lipinski definition) is 0. The van der Waals surface area contributed by atoms with Gasteiger partial charge in [0.25, 0.3) is 0 Å². The van der Waals surface area contributed by atoms with Crippen LogP contribution in [0.25, 0.3) is 0 Å². The zero-order valence-corrected chi connectivity index (χ0v) is 9.91. The van der Waals surface area contributed by atoms with Crippen molar-refractivity contribution in [3.63, 3.8) is 0 Å². The summed E-state index contributed by atoms with van der Waals surface area (Å²) in [5.41, 5.74) is 0.699. The first-order valence-electron chi connectivity index (χ1n) is 4.83. The molecule has 1 saturated carbocycles. The lowest BCUT2D eigenvalue weighted by Gasteiger charge is -2.09. The molecule has 1 unspecified atom stereocenters. The minimum absolute atomic E-state index is 0.140. The third kappa shape index (κ3) is 1.63. The normalized spacial score (nSPS) is 18.2. The third-order valence-electron chi connectivity index (χ3n) is 2.87. The Morgan fingerprint density at radius 2 is 2.36 bits per heavy atom. The molecule has 14 heavy (non-hydrogen) atoms. The number of aryl methyl sites for hydroxylation is 1. The quantitative estimate of drug-likeness (QED) is 0.779. The minimum Gasteiger partial charge on any atom is -0.292 e. The maximum atomic E-state index is 12.0. The molecule has 4 heteroatoms. The molecular weight excluding hydrogens is 244 g/mol. The molecule has 0 amide bonds. The summed E-state index contributed by atoms with van der Waals surface area (Å²) in [6.45, 7) is 2.01. The molecule has 0 bridgehead atoms. The number of carbonyl (C=O) groups excluding carboxylic acids is 1. The van der Waals surface area contributed by atoms with Gasteiger partial charge >= 0.3 is 0 Å². The minimum atomic E-state index is 0.140. The van der Waals surface area contributed by atoms with Gasteiger partial charge in [-0.05, 0) is 34.7 Å². The van der Waals surface area contributed by atoms with Gasteiger partial charge in [-0.2, -0.15) is 5.10 Å². The van der Waals surface area contributed by atoms with Gasteiger partial charge in [0.2, 0.25) is 0 Å². The van der Waals surface area contributed by atoms with Crippen molar-refractivity contribution in [1.82, 2.24) is 9.78 Å². The highest BCUT2D eigenvalue weighted by Gasteiger charge is 2.34. The van der Waals surface area contributed by atoms with E-state index < -0.39 is 0 Å². The summed E-state index contributed by atoms with van der Waals surface area (Å²) < 4.78 is 2.45. The van der Waals surface area contributed by atoms with Crippen molar-refractivity contribution >= 4 is 21.7 Å². The number of hydrogen-bond acceptors (Lipinski definition) is 2. The van der Waals surface area contributed by atoms with E-state index in [1.807, 2.05) is 6.92 Å². The highest BCUT2D eigenvalue weighted by molar-refractivity contribution is 9.10. The second kappa shape index (κ2) is 3.50. The van der Waals surface area contributed by atoms with Crippen LogP contribution in [-0.4, -0.2) is 15.6 Å². The average molecular weight is 257 g/mol. The highest BCUT2D eigenvalue weighted by Crippen LogP contribution is 2.38. The van der Waals surface area contributed by atoms with E-state index in [0.29, 0.717) is 11.6 Å². The van der Waals surface area contributed by atoms with E-state index in [9.17, 15) is 4.79 Å². The van der Waals surface area contributed by atoms with Crippen LogP contribution >= 0.6 is 15.9 Å². The van der Waals surface area contributed by atoms with Crippen molar-refractivity contribution in [3.8, 4) is 0 Å². The van der Waals surface area contributed by atoms with Crippen LogP contribution in [0.5, 0.6) is 0 Å². The molecule has 1 aliphatic carbocycles. The van der Waals surface area contributed by atoms with E-state index in [-0.39, 0.29) is 11.7 Å². The van der Waals surface area contributed by atoms with E-state index in [2.05, 4.69) is 21.0 Å². The van der Waals surface area contributed by atoms with Crippen LogP contribution in [0.1, 0.15) is 30.3 Å². The number of nitrogens with zero attached hydrogens (tertiary/aromatic N) is 2. The molecule has 76 valence electrons. The van der Waals surface area contributed by atoms with E-state index in [0.717, 1.165) is 4.47 Å². The number of Topliss-reactive ketones (excluding diaryl/α,β-unsaturated/α-hetero) is 1. The van der Waals surface area contributed by atoms with E-state index in [1.54, 1.807) is 17.9 Å². The molecule has 1 aromatic heterocycles. The molecule has 0 aromatic carbocycles. The van der Waals surface area contributed by atoms with Crippen LogP contribution in [0.3, 0.4) is 0 Å². The van der Waals surface area contributed by atoms with Gasteiger partial charge in [-0.1, -0.05) is 6.92 Å². The van der Waals surface area contributed by atoms with Gasteiger partial charge in [0.1, 0.15) is 5.69 Å². The summed E-state index contributed by atoms with van der Waals surface area (Å²) in [6.07, 6.45) is 4.07. The van der Waals surface area contributed by atoms with Gasteiger partial charge in [-0.15, -0.1) is 0 Å². The van der Waals surface area contributed by atoms with Gasteiger partial charge in [0.05, 0.1) is 10.7 Å². The van der Waals surface area contributed by atoms with Crippen molar-refractivity contribution in [2.75, 3.05) is 0 Å². The van der Waals surface area contributed by atoms with E-state index >= 15 is 0 Å². The highest BCUT2D eigenvalue weighted by atomic mass is 79.9. The molecule has 1 aromatic rings. The third-order valence-corrected chi connectivity index (χ3v) is 3.45. The predicted molar refractivity (Wildman–Crippen MR) is 57.1 cm³/mol. The van der Waals surface area contributed by atoms with Crippen molar-refractivity contribution in [3.05, 3.63) is 16.4 Å². The first-order valence-corrected chi connectivity index (χ1v) is 5.62. The second-order valence-corrected chi connectivity index (χ2v) is 4.81. The molecule has 1 heterocycles. The van der Waals surface area contributed by atoms with Crippen molar-refractivity contribution < 1.29 is 4.79 Å². The Balaban J connectivity index is 2.25. The molecule has 1 fully saturated rings. The van der Waals surface area contributed by atoms with Gasteiger partial charge in [0.15, 0.2) is 5.78 Å². The van der Waals surface area contributed by atoms with Crippen LogP contribution in [-0.2, 0) is 7.05 Å². The summed E-state index contributed by atoms with van der Waals surface area (Å²) >= 11 is 3.35. The number of ketones is 1. The summed E-state index contributed by atoms with van der Waals surface area (Å²) in [5, 5.41) is 4.05. The van der Waals surface area contributed by atoms with E-state index in [1.165, 1.54) is 12.8 Å². The molecule has 0 spiro atoms. The summed E-state index contributed by atoms with van der Waals surface area (Å²) in [4.78, 5) is 12.0. The molecule has 0 aliphatic heterocycles. The molecule has 2 rings (SSSR count). The Hall–Kier alpha value is -0.640. The molecule has 1 aliphatic rings. The largest absolute Gasteiger partial charge is 0.292 e. The Kier molecular flexibility index (Phi) is 2.47. The molecule has 0 radical (unpaired) electrons. The van der Waals surface area contributed by atoms with Crippen molar-refractivity contribution in [1.29, 1.82) is 0 Å². The molecule has 0 N–H and O–H groups in total. The fourth-order valence-corrected chi connectivity index (χ4v) is 2.26. The predicted octanol–water partition coefficient (Wildman–Crippen LogP) is 2.41. The first-order chi connectivity index (χ1) is 6.61. The molecule has 1 atom stereocenters. The van der Waals surface area contributed by atoms with E-state index in [4.69, 9.17) is 0 Å². The summed E-state index contributed by atoms with van der Waals surface area (Å²) in [6, 6.07) is 0. The van der Waals surface area contributed by atoms with Crippen molar-refractivity contribution in [2.24, 2.45) is 18.9 Å². The lowest BCUT2D eigenvalue weighted by Crippen LogP contribution is -2.17. The Labute approximate surface area is 91.6 Å². The lowest BCUT2D eigenvalue weighted by atomic mass is 9.99. The number of aromatic nitrogens is 2. The molecule has 3 nitrogen and oxygen atoms in total. The number of carbonyl (C=O) groups is 1. The standard InChI is InChI=1S/C10H13BrN2O/c1-6(7-3-4-7)10(14)9-8(11)5-12-13(9)2/h5-7H,3-4H2,1-2H3. The average Bonchev–Trinajstić information content (AvgIpc) is 2.92. The maximum absolute atomic E-state index is 12.0. The Morgan fingerprint density at radius 3 is 2.79 bits per heavy atom. The molecular formula is C10H13BrN2O. The smallest absolute Gasteiger partial charge is 0.185 e. The van der Waals surface area contributed by atoms with Gasteiger partial charge in [-0.3, -0.25) is 9.48 Å². The van der Waals surface area contributed by atoms with Crippen LogP contribution in [0, 0.1) is 11.8 Å². The zero-order valence-electron chi connectivity index (χ0n) is 8.33. The van der Waals surface area contributed by atoms with Gasteiger partial charge in [-0.25, -0.2) is 0 Å².